The minimum Gasteiger partial charge on any atom is -0.503 e. The summed E-state index contributed by atoms with van der Waals surface area (Å²) >= 11 is 6.15. The van der Waals surface area contributed by atoms with Gasteiger partial charge in [0.25, 0.3) is 5.91 Å². The molecular weight excluding hydrogens is 474 g/mol. The quantitative estimate of drug-likeness (QED) is 0.384. The van der Waals surface area contributed by atoms with Crippen molar-refractivity contribution >= 4 is 34.3 Å². The molecule has 1 aliphatic heterocycles. The van der Waals surface area contributed by atoms with Gasteiger partial charge < -0.3 is 29.0 Å². The predicted octanol–water partition coefficient (Wildman–Crippen LogP) is 4.84. The minimum absolute atomic E-state index is 0.0510. The van der Waals surface area contributed by atoms with Crippen LogP contribution in [0.15, 0.2) is 58.2 Å². The molecule has 1 unspecified atom stereocenters. The lowest BCUT2D eigenvalue weighted by Crippen LogP contribution is -2.32. The van der Waals surface area contributed by atoms with Gasteiger partial charge in [-0.05, 0) is 36.2 Å². The van der Waals surface area contributed by atoms with Crippen LogP contribution in [0.5, 0.6) is 11.5 Å². The maximum absolute atomic E-state index is 13.7. The van der Waals surface area contributed by atoms with Gasteiger partial charge in [0.05, 0.1) is 25.3 Å². The number of ether oxygens (including phenoxy) is 2. The van der Waals surface area contributed by atoms with E-state index in [-0.39, 0.29) is 24.5 Å². The van der Waals surface area contributed by atoms with E-state index < -0.39 is 23.5 Å². The number of furan rings is 1. The van der Waals surface area contributed by atoms with Gasteiger partial charge in [0.15, 0.2) is 22.9 Å². The first kappa shape index (κ1) is 24.6. The van der Waals surface area contributed by atoms with Gasteiger partial charge >= 0.3 is 0 Å². The zero-order valence-corrected chi connectivity index (χ0v) is 20.2. The standard InChI is InChI=1S/C26H26ClNO7/c1-3-4-8-28-22(15-6-5-7-18(12-15)34-10-9-29)21(24(31)26(28)32)23(30)19-13-16-11-17(27)14-20(33-2)25(16)35-19/h5-7,11-14,22,29,31H,3-4,8-10H2,1-2H3. The molecule has 1 aliphatic rings. The SMILES string of the molecule is CCCCN1C(=O)C(O)=C(C(=O)c2cc3cc(Cl)cc(OC)c3o2)C1c1cccc(OCCO)c1. The van der Waals surface area contributed by atoms with Crippen molar-refractivity contribution in [2.45, 2.75) is 25.8 Å². The normalized spacial score (nSPS) is 15.8. The van der Waals surface area contributed by atoms with Crippen molar-refractivity contribution in [2.24, 2.45) is 0 Å². The molecule has 3 aromatic rings. The van der Waals surface area contributed by atoms with Gasteiger partial charge in [-0.2, -0.15) is 0 Å². The number of amides is 1. The van der Waals surface area contributed by atoms with Crippen molar-refractivity contribution in [2.75, 3.05) is 26.9 Å². The highest BCUT2D eigenvalue weighted by molar-refractivity contribution is 6.31. The summed E-state index contributed by atoms with van der Waals surface area (Å²) in [4.78, 5) is 28.2. The second-order valence-electron chi connectivity index (χ2n) is 8.13. The number of hydrogen-bond acceptors (Lipinski definition) is 7. The number of ketones is 1. The maximum atomic E-state index is 13.7. The smallest absolute Gasteiger partial charge is 0.290 e. The molecule has 2 aromatic carbocycles. The van der Waals surface area contributed by atoms with Crippen LogP contribution >= 0.6 is 11.6 Å². The molecule has 0 radical (unpaired) electrons. The summed E-state index contributed by atoms with van der Waals surface area (Å²) in [6.07, 6.45) is 1.52. The molecule has 0 aliphatic carbocycles. The van der Waals surface area contributed by atoms with Crippen LogP contribution < -0.4 is 9.47 Å². The number of halogens is 1. The molecule has 2 heterocycles. The molecule has 35 heavy (non-hydrogen) atoms. The summed E-state index contributed by atoms with van der Waals surface area (Å²) in [6.45, 7) is 2.29. The molecule has 0 spiro atoms. The summed E-state index contributed by atoms with van der Waals surface area (Å²) < 4.78 is 16.7. The van der Waals surface area contributed by atoms with Gasteiger partial charge in [0.2, 0.25) is 5.78 Å². The molecule has 184 valence electrons. The highest BCUT2D eigenvalue weighted by Gasteiger charge is 2.44. The van der Waals surface area contributed by atoms with E-state index in [1.165, 1.54) is 18.1 Å². The molecule has 1 atom stereocenters. The molecule has 1 aromatic heterocycles. The fraction of sp³-hybridized carbons (Fsp3) is 0.308. The minimum atomic E-state index is -0.835. The topological polar surface area (TPSA) is 109 Å². The van der Waals surface area contributed by atoms with Gasteiger partial charge in [-0.1, -0.05) is 37.1 Å². The highest BCUT2D eigenvalue weighted by atomic mass is 35.5. The number of aliphatic hydroxyl groups is 2. The molecule has 0 saturated heterocycles. The number of benzene rings is 2. The lowest BCUT2D eigenvalue weighted by Gasteiger charge is -2.27. The number of methoxy groups -OCH3 is 1. The Morgan fingerprint density at radius 1 is 1.23 bits per heavy atom. The van der Waals surface area contributed by atoms with Crippen molar-refractivity contribution in [3.05, 3.63) is 70.1 Å². The third-order valence-corrected chi connectivity index (χ3v) is 6.04. The van der Waals surface area contributed by atoms with Crippen LogP contribution in [-0.2, 0) is 4.79 Å². The first-order valence-electron chi connectivity index (χ1n) is 11.3. The van der Waals surface area contributed by atoms with Crippen LogP contribution in [0.3, 0.4) is 0 Å². The molecule has 8 nitrogen and oxygen atoms in total. The van der Waals surface area contributed by atoms with Crippen molar-refractivity contribution in [1.82, 2.24) is 4.90 Å². The van der Waals surface area contributed by atoms with Gasteiger partial charge in [-0.15, -0.1) is 0 Å². The Labute approximate surface area is 207 Å². The molecule has 9 heteroatoms. The number of hydrogen-bond donors (Lipinski definition) is 2. The van der Waals surface area contributed by atoms with Gasteiger partial charge in [-0.3, -0.25) is 9.59 Å². The number of carbonyl (C=O) groups excluding carboxylic acids is 2. The Morgan fingerprint density at radius 2 is 2.03 bits per heavy atom. The Bertz CT molecular complexity index is 1300. The van der Waals surface area contributed by atoms with Crippen molar-refractivity contribution in [3.8, 4) is 11.5 Å². The zero-order valence-electron chi connectivity index (χ0n) is 19.4. The molecule has 1 amide bonds. The van der Waals surface area contributed by atoms with Crippen molar-refractivity contribution in [3.63, 3.8) is 0 Å². The summed E-state index contributed by atoms with van der Waals surface area (Å²) in [5.74, 6) is -1.06. The second-order valence-corrected chi connectivity index (χ2v) is 8.56. The fourth-order valence-electron chi connectivity index (χ4n) is 4.21. The predicted molar refractivity (Wildman–Crippen MR) is 130 cm³/mol. The first-order valence-corrected chi connectivity index (χ1v) is 11.7. The van der Waals surface area contributed by atoms with E-state index in [9.17, 15) is 14.7 Å². The van der Waals surface area contributed by atoms with Crippen LogP contribution in [0.4, 0.5) is 0 Å². The van der Waals surface area contributed by atoms with E-state index in [1.54, 1.807) is 36.4 Å². The molecule has 4 rings (SSSR count). The number of carbonyl (C=O) groups is 2. The Hall–Kier alpha value is -3.49. The van der Waals surface area contributed by atoms with Gasteiger partial charge in [0.1, 0.15) is 12.4 Å². The lowest BCUT2D eigenvalue weighted by atomic mass is 9.94. The van der Waals surface area contributed by atoms with Crippen molar-refractivity contribution in [1.29, 1.82) is 0 Å². The van der Waals surface area contributed by atoms with Gasteiger partial charge in [0, 0.05) is 23.0 Å². The molecule has 0 bridgehead atoms. The number of fused-ring (bicyclic) bond motifs is 1. The zero-order chi connectivity index (χ0) is 25.1. The fourth-order valence-corrected chi connectivity index (χ4v) is 4.43. The largest absolute Gasteiger partial charge is 0.503 e. The van der Waals surface area contributed by atoms with Crippen LogP contribution in [0, 0.1) is 0 Å². The van der Waals surface area contributed by atoms with Crippen LogP contribution in [0.2, 0.25) is 5.02 Å². The summed E-state index contributed by atoms with van der Waals surface area (Å²) in [5.41, 5.74) is 0.854. The van der Waals surface area contributed by atoms with E-state index >= 15 is 0 Å². The summed E-state index contributed by atoms with van der Waals surface area (Å²) in [6, 6.07) is 10.8. The van der Waals surface area contributed by atoms with Crippen LogP contribution in [0.25, 0.3) is 11.0 Å². The summed E-state index contributed by atoms with van der Waals surface area (Å²) in [5, 5.41) is 20.9. The first-order chi connectivity index (χ1) is 16.9. The number of unbranched alkanes of at least 4 members (excludes halogenated alkanes) is 1. The number of Topliss-reactive ketones (excluding diaryl/α,β-unsaturated/α-hetero) is 1. The Kier molecular flexibility index (Phi) is 7.33. The molecule has 0 saturated carbocycles. The average molecular weight is 500 g/mol. The number of nitrogens with zero attached hydrogens (tertiary/aromatic N) is 1. The maximum Gasteiger partial charge on any atom is 0.290 e. The molecule has 2 N–H and O–H groups in total. The van der Waals surface area contributed by atoms with Crippen molar-refractivity contribution < 1.29 is 33.7 Å². The number of rotatable bonds is 10. The van der Waals surface area contributed by atoms with E-state index in [1.807, 2.05) is 6.92 Å². The van der Waals surface area contributed by atoms with Crippen LogP contribution in [-0.4, -0.2) is 53.7 Å². The Morgan fingerprint density at radius 3 is 2.74 bits per heavy atom. The van der Waals surface area contributed by atoms with Crippen LogP contribution in [0.1, 0.15) is 41.9 Å². The molecular formula is C26H26ClNO7. The average Bonchev–Trinajstić information content (AvgIpc) is 3.39. The lowest BCUT2D eigenvalue weighted by molar-refractivity contribution is -0.129. The monoisotopic (exact) mass is 499 g/mol. The second kappa shape index (κ2) is 10.4. The third-order valence-electron chi connectivity index (χ3n) is 5.83. The van der Waals surface area contributed by atoms with E-state index in [0.717, 1.165) is 6.42 Å². The third kappa shape index (κ3) is 4.72. The highest BCUT2D eigenvalue weighted by Crippen LogP contribution is 2.41. The Balaban J connectivity index is 1.80. The van der Waals surface area contributed by atoms with Gasteiger partial charge in [-0.25, -0.2) is 0 Å². The molecule has 0 fully saturated rings. The van der Waals surface area contributed by atoms with E-state index in [4.69, 9.17) is 30.6 Å². The van der Waals surface area contributed by atoms with E-state index in [2.05, 4.69) is 0 Å². The van der Waals surface area contributed by atoms with E-state index in [0.29, 0.717) is 46.0 Å². The number of aliphatic hydroxyl groups excluding tert-OH is 2. The summed E-state index contributed by atoms with van der Waals surface area (Å²) in [7, 11) is 1.46.